The van der Waals surface area contributed by atoms with E-state index in [1.807, 2.05) is 6.92 Å². The Balaban J connectivity index is 2.07. The smallest absolute Gasteiger partial charge is 0.119 e. The summed E-state index contributed by atoms with van der Waals surface area (Å²) < 4.78 is 5.49. The molecular weight excluding hydrogens is 210 g/mol. The summed E-state index contributed by atoms with van der Waals surface area (Å²) in [5, 5.41) is 3.52. The van der Waals surface area contributed by atoms with Crippen LogP contribution in [0, 0.1) is 6.92 Å². The number of nitrogens with one attached hydrogen (secondary N) is 1. The van der Waals surface area contributed by atoms with Crippen molar-refractivity contribution in [3.63, 3.8) is 0 Å². The predicted octanol–water partition coefficient (Wildman–Crippen LogP) is 3.25. The molecule has 17 heavy (non-hydrogen) atoms. The second kappa shape index (κ2) is 5.37. The molecule has 1 aliphatic carbocycles. The maximum absolute atomic E-state index is 5.49. The first-order valence-corrected chi connectivity index (χ1v) is 6.35. The van der Waals surface area contributed by atoms with Gasteiger partial charge in [0.25, 0.3) is 0 Å². The quantitative estimate of drug-likeness (QED) is 0.759. The number of rotatable bonds is 6. The number of hydrogen-bond acceptors (Lipinski definition) is 2. The van der Waals surface area contributed by atoms with Crippen LogP contribution in [0.15, 0.2) is 24.8 Å². The summed E-state index contributed by atoms with van der Waals surface area (Å²) in [5.74, 6) is 0.776. The van der Waals surface area contributed by atoms with Crippen LogP contribution in [-0.4, -0.2) is 12.6 Å². The highest BCUT2D eigenvalue weighted by molar-refractivity contribution is 5.61. The maximum Gasteiger partial charge on any atom is 0.119 e. The maximum atomic E-state index is 5.49. The first kappa shape index (κ1) is 12.2. The number of ether oxygens (including phenoxy) is 1. The predicted molar refractivity (Wildman–Crippen MR) is 71.7 cm³/mol. The van der Waals surface area contributed by atoms with Crippen molar-refractivity contribution in [2.75, 3.05) is 6.61 Å². The van der Waals surface area contributed by atoms with E-state index < -0.39 is 0 Å². The first-order valence-electron chi connectivity index (χ1n) is 6.35. The molecule has 1 aromatic carbocycles. The zero-order valence-electron chi connectivity index (χ0n) is 10.8. The van der Waals surface area contributed by atoms with E-state index in [0.717, 1.165) is 23.9 Å². The summed E-state index contributed by atoms with van der Waals surface area (Å²) in [4.78, 5) is 0. The summed E-state index contributed by atoms with van der Waals surface area (Å²) in [7, 11) is 0. The topological polar surface area (TPSA) is 21.3 Å². The van der Waals surface area contributed by atoms with E-state index in [4.69, 9.17) is 4.74 Å². The van der Waals surface area contributed by atoms with Crippen molar-refractivity contribution in [3.8, 4) is 0 Å². The minimum atomic E-state index is 0.669. The van der Waals surface area contributed by atoms with E-state index >= 15 is 0 Å². The average Bonchev–Trinajstić information content (AvgIpc) is 3.12. The molecule has 2 rings (SSSR count). The monoisotopic (exact) mass is 231 g/mol. The van der Waals surface area contributed by atoms with Crippen molar-refractivity contribution in [1.82, 2.24) is 5.32 Å². The van der Waals surface area contributed by atoms with Crippen molar-refractivity contribution in [2.45, 2.75) is 39.3 Å². The van der Waals surface area contributed by atoms with Gasteiger partial charge in [-0.1, -0.05) is 18.7 Å². The summed E-state index contributed by atoms with van der Waals surface area (Å²) in [6.45, 7) is 9.67. The standard InChI is InChI=1S/C15H21NO/c1-4-17-12(3)15-9-13(6-5-11(15)2)10-16-14-7-8-14/h5-6,9,14,16H,3-4,7-8,10H2,1-2H3. The largest absolute Gasteiger partial charge is 0.494 e. The molecule has 0 aromatic heterocycles. The molecule has 0 spiro atoms. The SMILES string of the molecule is C=C(OCC)c1cc(CNC2CC2)ccc1C. The fourth-order valence-electron chi connectivity index (χ4n) is 1.88. The molecule has 1 aromatic rings. The van der Waals surface area contributed by atoms with E-state index in [2.05, 4.69) is 37.0 Å². The normalized spacial score (nSPS) is 14.7. The minimum Gasteiger partial charge on any atom is -0.494 e. The Morgan fingerprint density at radius 3 is 2.88 bits per heavy atom. The molecule has 0 atom stereocenters. The van der Waals surface area contributed by atoms with Gasteiger partial charge in [-0.05, 0) is 43.9 Å². The average molecular weight is 231 g/mol. The Kier molecular flexibility index (Phi) is 3.85. The van der Waals surface area contributed by atoms with Crippen LogP contribution in [0.25, 0.3) is 5.76 Å². The van der Waals surface area contributed by atoms with Gasteiger partial charge >= 0.3 is 0 Å². The zero-order valence-corrected chi connectivity index (χ0v) is 10.8. The highest BCUT2D eigenvalue weighted by Crippen LogP contribution is 2.22. The Morgan fingerprint density at radius 2 is 2.24 bits per heavy atom. The molecule has 1 aliphatic rings. The van der Waals surface area contributed by atoms with Crippen LogP contribution in [0.5, 0.6) is 0 Å². The molecule has 92 valence electrons. The molecule has 0 radical (unpaired) electrons. The third-order valence-corrected chi connectivity index (χ3v) is 3.09. The van der Waals surface area contributed by atoms with Gasteiger partial charge in [0.15, 0.2) is 0 Å². The summed E-state index contributed by atoms with van der Waals surface area (Å²) in [5.41, 5.74) is 3.65. The van der Waals surface area contributed by atoms with Crippen LogP contribution in [0.2, 0.25) is 0 Å². The molecule has 1 fully saturated rings. The number of aryl methyl sites for hydroxylation is 1. The van der Waals surface area contributed by atoms with E-state index in [9.17, 15) is 0 Å². The van der Waals surface area contributed by atoms with Gasteiger partial charge in [0.2, 0.25) is 0 Å². The molecule has 1 N–H and O–H groups in total. The lowest BCUT2D eigenvalue weighted by molar-refractivity contribution is 0.299. The van der Waals surface area contributed by atoms with Gasteiger partial charge in [-0.2, -0.15) is 0 Å². The van der Waals surface area contributed by atoms with E-state index in [1.165, 1.54) is 24.0 Å². The van der Waals surface area contributed by atoms with Gasteiger partial charge in [0, 0.05) is 18.2 Å². The molecule has 0 unspecified atom stereocenters. The van der Waals surface area contributed by atoms with Crippen LogP contribution in [-0.2, 0) is 11.3 Å². The zero-order chi connectivity index (χ0) is 12.3. The molecule has 2 nitrogen and oxygen atoms in total. The van der Waals surface area contributed by atoms with E-state index in [0.29, 0.717) is 6.61 Å². The highest BCUT2D eigenvalue weighted by Gasteiger charge is 2.20. The first-order chi connectivity index (χ1) is 8.20. The van der Waals surface area contributed by atoms with Gasteiger partial charge in [0.05, 0.1) is 6.61 Å². The van der Waals surface area contributed by atoms with Gasteiger partial charge in [-0.15, -0.1) is 0 Å². The molecule has 2 heteroatoms. The molecule has 0 heterocycles. The number of benzene rings is 1. The van der Waals surface area contributed by atoms with Crippen LogP contribution in [0.1, 0.15) is 36.5 Å². The Hall–Kier alpha value is -1.28. The molecule has 0 aliphatic heterocycles. The third kappa shape index (κ3) is 3.34. The van der Waals surface area contributed by atoms with Gasteiger partial charge in [-0.3, -0.25) is 0 Å². The van der Waals surface area contributed by atoms with E-state index in [1.54, 1.807) is 0 Å². The van der Waals surface area contributed by atoms with Gasteiger partial charge in [0.1, 0.15) is 5.76 Å². The van der Waals surface area contributed by atoms with E-state index in [-0.39, 0.29) is 0 Å². The molecular formula is C15H21NO. The Labute approximate surface area is 104 Å². The van der Waals surface area contributed by atoms with Gasteiger partial charge in [-0.25, -0.2) is 0 Å². The van der Waals surface area contributed by atoms with Crippen LogP contribution < -0.4 is 5.32 Å². The molecule has 0 amide bonds. The van der Waals surface area contributed by atoms with Crippen molar-refractivity contribution in [2.24, 2.45) is 0 Å². The summed E-state index contributed by atoms with van der Waals surface area (Å²) in [6.07, 6.45) is 2.65. The van der Waals surface area contributed by atoms with Crippen molar-refractivity contribution in [1.29, 1.82) is 0 Å². The Bertz CT molecular complexity index is 407. The Morgan fingerprint density at radius 1 is 1.47 bits per heavy atom. The fourth-order valence-corrected chi connectivity index (χ4v) is 1.88. The lowest BCUT2D eigenvalue weighted by atomic mass is 10.0. The van der Waals surface area contributed by atoms with Crippen LogP contribution in [0.3, 0.4) is 0 Å². The molecule has 0 bridgehead atoms. The van der Waals surface area contributed by atoms with Crippen LogP contribution >= 0.6 is 0 Å². The van der Waals surface area contributed by atoms with Crippen molar-refractivity contribution in [3.05, 3.63) is 41.5 Å². The molecule has 0 saturated heterocycles. The highest BCUT2D eigenvalue weighted by atomic mass is 16.5. The van der Waals surface area contributed by atoms with Gasteiger partial charge < -0.3 is 10.1 Å². The molecule has 1 saturated carbocycles. The summed E-state index contributed by atoms with van der Waals surface area (Å²) >= 11 is 0. The lowest BCUT2D eigenvalue weighted by Gasteiger charge is -2.12. The minimum absolute atomic E-state index is 0.669. The second-order valence-corrected chi connectivity index (χ2v) is 4.66. The van der Waals surface area contributed by atoms with Crippen LogP contribution in [0.4, 0.5) is 0 Å². The van der Waals surface area contributed by atoms with Crippen molar-refractivity contribution >= 4 is 5.76 Å². The number of hydrogen-bond donors (Lipinski definition) is 1. The lowest BCUT2D eigenvalue weighted by Crippen LogP contribution is -2.15. The third-order valence-electron chi connectivity index (χ3n) is 3.09. The second-order valence-electron chi connectivity index (χ2n) is 4.66. The fraction of sp³-hybridized carbons (Fsp3) is 0.467. The van der Waals surface area contributed by atoms with Crippen molar-refractivity contribution < 1.29 is 4.74 Å². The summed E-state index contributed by atoms with van der Waals surface area (Å²) in [6, 6.07) is 7.24.